The van der Waals surface area contributed by atoms with Crippen molar-refractivity contribution >= 4 is 34.6 Å². The summed E-state index contributed by atoms with van der Waals surface area (Å²) >= 11 is 3.24. The summed E-state index contributed by atoms with van der Waals surface area (Å²) in [6.45, 7) is 5.43. The SMILES string of the molecule is CC(C)(C)N=[N+]([O-])c1cc(Br)ccc1[N+]#N.F[B-](F)(F)F. The van der Waals surface area contributed by atoms with Gasteiger partial charge in [0.1, 0.15) is 5.54 Å². The molecule has 0 aliphatic heterocycles. The molecular weight excluding hydrogens is 359 g/mol. The Kier molecular flexibility index (Phi) is 6.76. The van der Waals surface area contributed by atoms with Gasteiger partial charge in [0.25, 0.3) is 0 Å². The van der Waals surface area contributed by atoms with Gasteiger partial charge in [0.2, 0.25) is 5.39 Å². The third kappa shape index (κ3) is 9.78. The maximum atomic E-state index is 11.8. The summed E-state index contributed by atoms with van der Waals surface area (Å²) in [5.74, 6) is 0. The zero-order chi connectivity index (χ0) is 16.8. The minimum Gasteiger partial charge on any atom is -0.594 e. The normalized spacial score (nSPS) is 12.2. The van der Waals surface area contributed by atoms with Gasteiger partial charge in [0, 0.05) is 16.6 Å². The van der Waals surface area contributed by atoms with Crippen molar-refractivity contribution in [3.05, 3.63) is 32.9 Å². The van der Waals surface area contributed by atoms with Gasteiger partial charge < -0.3 is 22.5 Å². The molecule has 0 fully saturated rings. The number of azo groups is 1. The highest BCUT2D eigenvalue weighted by Gasteiger charge is 2.25. The zero-order valence-corrected chi connectivity index (χ0v) is 13.0. The predicted molar refractivity (Wildman–Crippen MR) is 74.5 cm³/mol. The topological polar surface area (TPSA) is 66.6 Å². The molecule has 0 aromatic heterocycles. The van der Waals surface area contributed by atoms with Crippen molar-refractivity contribution in [2.45, 2.75) is 26.3 Å². The van der Waals surface area contributed by atoms with Crippen LogP contribution >= 0.6 is 15.9 Å². The van der Waals surface area contributed by atoms with Crippen LogP contribution in [0.1, 0.15) is 20.8 Å². The average Bonchev–Trinajstić information content (AvgIpc) is 2.24. The molecule has 11 heteroatoms. The number of hydrogen-bond acceptors (Lipinski definition) is 3. The fourth-order valence-electron chi connectivity index (χ4n) is 1.06. The highest BCUT2D eigenvalue weighted by Crippen LogP contribution is 2.31. The van der Waals surface area contributed by atoms with Gasteiger partial charge in [-0.3, -0.25) is 0 Å². The summed E-state index contributed by atoms with van der Waals surface area (Å²) in [6, 6.07) is 4.77. The van der Waals surface area contributed by atoms with E-state index in [-0.39, 0.29) is 11.4 Å². The van der Waals surface area contributed by atoms with Gasteiger partial charge in [-0.05, 0) is 36.8 Å². The van der Waals surface area contributed by atoms with E-state index in [9.17, 15) is 22.5 Å². The number of diazo groups is 1. The monoisotopic (exact) mass is 370 g/mol. The van der Waals surface area contributed by atoms with Crippen LogP contribution in [0.5, 0.6) is 0 Å². The second kappa shape index (κ2) is 7.35. The van der Waals surface area contributed by atoms with E-state index < -0.39 is 12.8 Å². The Hall–Kier alpha value is -1.70. The van der Waals surface area contributed by atoms with Crippen LogP contribution in [0.4, 0.5) is 28.6 Å². The summed E-state index contributed by atoms with van der Waals surface area (Å²) in [7, 11) is -6.00. The van der Waals surface area contributed by atoms with Crippen molar-refractivity contribution in [3.63, 3.8) is 0 Å². The molecular formula is C10H12BBrF4N4O. The molecule has 0 spiro atoms. The first-order chi connectivity index (χ1) is 9.33. The first-order valence-electron chi connectivity index (χ1n) is 5.55. The summed E-state index contributed by atoms with van der Waals surface area (Å²) in [5.41, 5.74) is -0.102. The van der Waals surface area contributed by atoms with Gasteiger partial charge in [0.15, 0.2) is 4.98 Å². The van der Waals surface area contributed by atoms with Crippen molar-refractivity contribution in [3.8, 4) is 0 Å². The number of halogens is 5. The van der Waals surface area contributed by atoms with Gasteiger partial charge in [0.05, 0.1) is 0 Å². The van der Waals surface area contributed by atoms with E-state index in [0.29, 0.717) is 4.86 Å². The van der Waals surface area contributed by atoms with Crippen LogP contribution in [-0.2, 0) is 0 Å². The Balaban J connectivity index is 0.000000690. The van der Waals surface area contributed by atoms with Gasteiger partial charge >= 0.3 is 18.6 Å². The minimum absolute atomic E-state index is 0.186. The molecule has 0 saturated heterocycles. The van der Waals surface area contributed by atoms with Crippen molar-refractivity contribution in [1.29, 1.82) is 5.39 Å². The fourth-order valence-corrected chi connectivity index (χ4v) is 1.41. The molecule has 0 unspecified atom stereocenters. The van der Waals surface area contributed by atoms with Gasteiger partial charge in [-0.2, -0.15) is 0 Å². The van der Waals surface area contributed by atoms with Gasteiger partial charge in [-0.25, -0.2) is 0 Å². The van der Waals surface area contributed by atoms with Crippen molar-refractivity contribution in [2.24, 2.45) is 5.11 Å². The molecule has 1 aromatic carbocycles. The van der Waals surface area contributed by atoms with E-state index >= 15 is 0 Å². The van der Waals surface area contributed by atoms with Crippen LogP contribution in [0.15, 0.2) is 27.8 Å². The molecule has 116 valence electrons. The molecule has 0 saturated carbocycles. The number of rotatable bonds is 1. The van der Waals surface area contributed by atoms with E-state index in [1.54, 1.807) is 12.1 Å². The van der Waals surface area contributed by atoms with Crippen molar-refractivity contribution in [1.82, 2.24) is 0 Å². The second-order valence-electron chi connectivity index (χ2n) is 4.77. The highest BCUT2D eigenvalue weighted by atomic mass is 79.9. The third-order valence-corrected chi connectivity index (χ3v) is 2.14. The number of benzene rings is 1. The lowest BCUT2D eigenvalue weighted by molar-refractivity contribution is -0.448. The van der Waals surface area contributed by atoms with Crippen LogP contribution < -0.4 is 0 Å². The van der Waals surface area contributed by atoms with E-state index in [1.165, 1.54) is 6.07 Å². The predicted octanol–water partition coefficient (Wildman–Crippen LogP) is 5.63. The van der Waals surface area contributed by atoms with E-state index in [0.717, 1.165) is 4.47 Å². The summed E-state index contributed by atoms with van der Waals surface area (Å²) in [4.78, 5) is 3.51. The molecule has 0 radical (unpaired) electrons. The lowest BCUT2D eigenvalue weighted by Crippen LogP contribution is -2.12. The quantitative estimate of drug-likeness (QED) is 0.160. The largest absolute Gasteiger partial charge is 0.673 e. The molecule has 0 bridgehead atoms. The van der Waals surface area contributed by atoms with Gasteiger partial charge in [-0.1, -0.05) is 15.9 Å². The van der Waals surface area contributed by atoms with Crippen molar-refractivity contribution in [2.75, 3.05) is 0 Å². The average molecular weight is 371 g/mol. The lowest BCUT2D eigenvalue weighted by Gasteiger charge is -2.08. The van der Waals surface area contributed by atoms with Crippen molar-refractivity contribution < 1.29 is 22.1 Å². The van der Waals surface area contributed by atoms with Crippen LogP contribution in [0.2, 0.25) is 0 Å². The number of nitrogens with zero attached hydrogens (tertiary/aromatic N) is 4. The molecule has 0 amide bonds. The smallest absolute Gasteiger partial charge is 0.594 e. The minimum atomic E-state index is -6.00. The Bertz CT molecular complexity index is 560. The number of hydrogen-bond donors (Lipinski definition) is 0. The second-order valence-corrected chi connectivity index (χ2v) is 5.69. The standard InChI is InChI=1S/C10H12BrN4O.BF4/c1-10(2,3)14-15(16)9-6-7(11)4-5-8(9)13-12;2-1(3,4)5/h4-6H,1-3H3;/q+1;-1. The molecule has 0 aliphatic rings. The zero-order valence-electron chi connectivity index (χ0n) is 11.4. The Labute approximate surface area is 127 Å². The molecule has 0 N–H and O–H groups in total. The summed E-state index contributed by atoms with van der Waals surface area (Å²) < 4.78 is 39.7. The lowest BCUT2D eigenvalue weighted by atomic mass is 10.1. The molecule has 0 heterocycles. The Morgan fingerprint density at radius 1 is 1.29 bits per heavy atom. The van der Waals surface area contributed by atoms with Crippen LogP contribution in [0, 0.1) is 10.6 Å². The molecule has 21 heavy (non-hydrogen) atoms. The molecule has 0 aliphatic carbocycles. The highest BCUT2D eigenvalue weighted by molar-refractivity contribution is 9.10. The first kappa shape index (κ1) is 19.3. The van der Waals surface area contributed by atoms with Gasteiger partial charge in [-0.15, -0.1) is 0 Å². The maximum absolute atomic E-state index is 11.8. The van der Waals surface area contributed by atoms with E-state index in [4.69, 9.17) is 5.39 Å². The first-order valence-corrected chi connectivity index (χ1v) is 6.35. The maximum Gasteiger partial charge on any atom is 0.673 e. The molecule has 5 nitrogen and oxygen atoms in total. The third-order valence-electron chi connectivity index (χ3n) is 1.64. The van der Waals surface area contributed by atoms with Crippen LogP contribution in [-0.4, -0.2) is 17.7 Å². The summed E-state index contributed by atoms with van der Waals surface area (Å²) in [5, 5.41) is 24.4. The van der Waals surface area contributed by atoms with E-state index in [1.807, 2.05) is 20.8 Å². The Morgan fingerprint density at radius 3 is 2.14 bits per heavy atom. The summed E-state index contributed by atoms with van der Waals surface area (Å²) in [6.07, 6.45) is 0. The molecule has 1 rings (SSSR count). The fraction of sp³-hybridized carbons (Fsp3) is 0.400. The van der Waals surface area contributed by atoms with E-state index in [2.05, 4.69) is 26.0 Å². The molecule has 0 atom stereocenters. The molecule has 1 aromatic rings. The van der Waals surface area contributed by atoms with Crippen LogP contribution in [0.25, 0.3) is 4.98 Å². The Morgan fingerprint density at radius 2 is 1.76 bits per heavy atom. The van der Waals surface area contributed by atoms with Crippen LogP contribution in [0.3, 0.4) is 0 Å².